The lowest BCUT2D eigenvalue weighted by molar-refractivity contribution is -0.123. The van der Waals surface area contributed by atoms with Gasteiger partial charge in [0.1, 0.15) is 5.75 Å². The number of rotatable bonds is 4. The Morgan fingerprint density at radius 1 is 0.920 bits per heavy atom. The highest BCUT2D eigenvalue weighted by Gasteiger charge is 2.14. The predicted octanol–water partition coefficient (Wildman–Crippen LogP) is 3.13. The summed E-state index contributed by atoms with van der Waals surface area (Å²) in [6.07, 6.45) is 0. The molecule has 0 aromatic heterocycles. The average molecular weight is 340 g/mol. The zero-order valence-corrected chi connectivity index (χ0v) is 15.1. The summed E-state index contributed by atoms with van der Waals surface area (Å²) >= 11 is 0. The van der Waals surface area contributed by atoms with Crippen molar-refractivity contribution in [3.8, 4) is 5.75 Å². The average Bonchev–Trinajstić information content (AvgIpc) is 2.58. The molecule has 2 amide bonds. The van der Waals surface area contributed by atoms with Gasteiger partial charge in [-0.25, -0.2) is 0 Å². The van der Waals surface area contributed by atoms with Crippen LogP contribution < -0.4 is 15.6 Å². The minimum absolute atomic E-state index is 0.0243. The van der Waals surface area contributed by atoms with Crippen molar-refractivity contribution >= 4 is 11.8 Å². The summed E-state index contributed by atoms with van der Waals surface area (Å²) in [5.41, 5.74) is 7.48. The molecule has 0 aliphatic rings. The Balaban J connectivity index is 1.80. The molecule has 0 atom stereocenters. The van der Waals surface area contributed by atoms with Crippen molar-refractivity contribution in [3.05, 3.63) is 65.2 Å². The zero-order valence-electron chi connectivity index (χ0n) is 15.1. The summed E-state index contributed by atoms with van der Waals surface area (Å²) < 4.78 is 5.35. The predicted molar refractivity (Wildman–Crippen MR) is 97.4 cm³/mol. The van der Waals surface area contributed by atoms with Gasteiger partial charge in [0.05, 0.1) is 0 Å². The molecule has 0 spiro atoms. The largest absolute Gasteiger partial charge is 0.484 e. The lowest BCUT2D eigenvalue weighted by Gasteiger charge is -2.19. The van der Waals surface area contributed by atoms with Crippen LogP contribution >= 0.6 is 0 Å². The standard InChI is InChI=1S/C20H24N2O3/c1-14-5-11-17(12-6-14)25-13-18(23)21-22-19(24)15-7-9-16(10-8-15)20(2,3)4/h5-12H,13H2,1-4H3,(H,21,23)(H,22,24). The van der Waals surface area contributed by atoms with Crippen molar-refractivity contribution in [3.63, 3.8) is 0 Å². The van der Waals surface area contributed by atoms with Gasteiger partial charge in [0, 0.05) is 5.56 Å². The fourth-order valence-electron chi connectivity index (χ4n) is 2.14. The number of carbonyl (C=O) groups excluding carboxylic acids is 2. The Morgan fingerprint density at radius 2 is 1.52 bits per heavy atom. The highest BCUT2D eigenvalue weighted by atomic mass is 16.5. The number of benzene rings is 2. The van der Waals surface area contributed by atoms with E-state index in [2.05, 4.69) is 31.6 Å². The number of nitrogens with one attached hydrogen (secondary N) is 2. The second-order valence-corrected chi connectivity index (χ2v) is 6.93. The molecule has 132 valence electrons. The van der Waals surface area contributed by atoms with E-state index in [4.69, 9.17) is 4.74 Å². The topological polar surface area (TPSA) is 67.4 Å². The van der Waals surface area contributed by atoms with E-state index in [1.807, 2.05) is 31.2 Å². The molecular formula is C20H24N2O3. The van der Waals surface area contributed by atoms with Crippen LogP contribution in [0, 0.1) is 6.92 Å². The van der Waals surface area contributed by atoms with E-state index in [0.717, 1.165) is 11.1 Å². The molecule has 0 saturated carbocycles. The van der Waals surface area contributed by atoms with Crippen molar-refractivity contribution in [1.29, 1.82) is 0 Å². The molecule has 0 saturated heterocycles. The molecule has 2 aromatic rings. The third kappa shape index (κ3) is 5.64. The van der Waals surface area contributed by atoms with Gasteiger partial charge in [0.15, 0.2) is 6.61 Å². The van der Waals surface area contributed by atoms with Crippen LogP contribution in [0.2, 0.25) is 0 Å². The van der Waals surface area contributed by atoms with E-state index in [1.54, 1.807) is 24.3 Å². The van der Waals surface area contributed by atoms with Crippen molar-refractivity contribution in [2.45, 2.75) is 33.1 Å². The first-order valence-corrected chi connectivity index (χ1v) is 8.15. The van der Waals surface area contributed by atoms with E-state index in [-0.39, 0.29) is 17.9 Å². The van der Waals surface area contributed by atoms with Crippen molar-refractivity contribution < 1.29 is 14.3 Å². The van der Waals surface area contributed by atoms with Crippen LogP contribution in [0.25, 0.3) is 0 Å². The van der Waals surface area contributed by atoms with Gasteiger partial charge in [0.2, 0.25) is 0 Å². The molecule has 0 radical (unpaired) electrons. The van der Waals surface area contributed by atoms with Gasteiger partial charge in [-0.1, -0.05) is 50.6 Å². The maximum absolute atomic E-state index is 12.1. The second kappa shape index (κ2) is 7.83. The number of ether oxygens (including phenoxy) is 1. The molecular weight excluding hydrogens is 316 g/mol. The van der Waals surface area contributed by atoms with Crippen LogP contribution in [-0.4, -0.2) is 18.4 Å². The first kappa shape index (κ1) is 18.5. The van der Waals surface area contributed by atoms with Gasteiger partial charge in [-0.15, -0.1) is 0 Å². The van der Waals surface area contributed by atoms with Crippen LogP contribution in [0.4, 0.5) is 0 Å². The van der Waals surface area contributed by atoms with E-state index < -0.39 is 5.91 Å². The molecule has 0 unspecified atom stereocenters. The minimum Gasteiger partial charge on any atom is -0.484 e. The molecule has 2 aromatic carbocycles. The fraction of sp³-hybridized carbons (Fsp3) is 0.300. The molecule has 0 fully saturated rings. The van der Waals surface area contributed by atoms with Crippen LogP contribution in [0.1, 0.15) is 42.3 Å². The molecule has 0 aliphatic carbocycles. The Kier molecular flexibility index (Phi) is 5.80. The van der Waals surface area contributed by atoms with Gasteiger partial charge < -0.3 is 4.74 Å². The maximum Gasteiger partial charge on any atom is 0.276 e. The van der Waals surface area contributed by atoms with Gasteiger partial charge in [-0.2, -0.15) is 0 Å². The molecule has 0 bridgehead atoms. The second-order valence-electron chi connectivity index (χ2n) is 6.93. The number of hydrogen-bond donors (Lipinski definition) is 2. The van der Waals surface area contributed by atoms with E-state index in [9.17, 15) is 9.59 Å². The van der Waals surface area contributed by atoms with E-state index in [1.165, 1.54) is 0 Å². The number of carbonyl (C=O) groups is 2. The quantitative estimate of drug-likeness (QED) is 0.840. The molecule has 5 nitrogen and oxygen atoms in total. The lowest BCUT2D eigenvalue weighted by Crippen LogP contribution is -2.43. The van der Waals surface area contributed by atoms with Crippen LogP contribution in [-0.2, 0) is 10.2 Å². The summed E-state index contributed by atoms with van der Waals surface area (Å²) in [6.45, 7) is 8.12. The zero-order chi connectivity index (χ0) is 18.4. The number of hydrogen-bond acceptors (Lipinski definition) is 3. The van der Waals surface area contributed by atoms with Gasteiger partial charge in [-0.3, -0.25) is 20.4 Å². The van der Waals surface area contributed by atoms with Crippen LogP contribution in [0.5, 0.6) is 5.75 Å². The number of amides is 2. The summed E-state index contributed by atoms with van der Waals surface area (Å²) in [7, 11) is 0. The van der Waals surface area contributed by atoms with Gasteiger partial charge >= 0.3 is 0 Å². The summed E-state index contributed by atoms with van der Waals surface area (Å²) in [5.74, 6) is -0.200. The molecule has 2 rings (SSSR count). The minimum atomic E-state index is -0.430. The Hall–Kier alpha value is -2.82. The molecule has 0 heterocycles. The first-order chi connectivity index (χ1) is 11.8. The first-order valence-electron chi connectivity index (χ1n) is 8.15. The lowest BCUT2D eigenvalue weighted by atomic mass is 9.87. The van der Waals surface area contributed by atoms with Crippen molar-refractivity contribution in [2.75, 3.05) is 6.61 Å². The molecule has 5 heteroatoms. The molecule has 25 heavy (non-hydrogen) atoms. The Labute approximate surface area is 148 Å². The maximum atomic E-state index is 12.1. The van der Waals surface area contributed by atoms with Gasteiger partial charge in [-0.05, 0) is 42.2 Å². The van der Waals surface area contributed by atoms with Crippen LogP contribution in [0.3, 0.4) is 0 Å². The smallest absolute Gasteiger partial charge is 0.276 e. The Bertz CT molecular complexity index is 729. The SMILES string of the molecule is Cc1ccc(OCC(=O)NNC(=O)c2ccc(C(C)(C)C)cc2)cc1. The Morgan fingerprint density at radius 3 is 2.08 bits per heavy atom. The van der Waals surface area contributed by atoms with Crippen molar-refractivity contribution in [2.24, 2.45) is 0 Å². The number of aryl methyl sites for hydroxylation is 1. The third-order valence-electron chi connectivity index (χ3n) is 3.72. The summed E-state index contributed by atoms with van der Waals surface area (Å²) in [5, 5.41) is 0. The van der Waals surface area contributed by atoms with Crippen LogP contribution in [0.15, 0.2) is 48.5 Å². The van der Waals surface area contributed by atoms with E-state index in [0.29, 0.717) is 11.3 Å². The van der Waals surface area contributed by atoms with E-state index >= 15 is 0 Å². The normalized spacial score (nSPS) is 10.9. The monoisotopic (exact) mass is 340 g/mol. The highest BCUT2D eigenvalue weighted by molar-refractivity contribution is 5.95. The van der Waals surface area contributed by atoms with Crippen molar-refractivity contribution in [1.82, 2.24) is 10.9 Å². The van der Waals surface area contributed by atoms with Gasteiger partial charge in [0.25, 0.3) is 11.8 Å². The number of hydrazine groups is 1. The third-order valence-corrected chi connectivity index (χ3v) is 3.72. The fourth-order valence-corrected chi connectivity index (χ4v) is 2.14. The summed E-state index contributed by atoms with van der Waals surface area (Å²) in [4.78, 5) is 23.8. The summed E-state index contributed by atoms with van der Waals surface area (Å²) in [6, 6.07) is 14.7. The molecule has 2 N–H and O–H groups in total. The highest BCUT2D eigenvalue weighted by Crippen LogP contribution is 2.22. The molecule has 0 aliphatic heterocycles.